The summed E-state index contributed by atoms with van der Waals surface area (Å²) in [7, 11) is 0. The molecule has 0 bridgehead atoms. The molecule has 38 heavy (non-hydrogen) atoms. The van der Waals surface area contributed by atoms with Crippen molar-refractivity contribution in [1.29, 1.82) is 0 Å². The number of likely N-dealkylation sites (tertiary alicyclic amines) is 1. The highest BCUT2D eigenvalue weighted by molar-refractivity contribution is 9.10. The molecule has 1 atom stereocenters. The Balaban J connectivity index is 1.48. The van der Waals surface area contributed by atoms with E-state index < -0.39 is 17.7 Å². The van der Waals surface area contributed by atoms with Gasteiger partial charge >= 0.3 is 0 Å². The van der Waals surface area contributed by atoms with Gasteiger partial charge in [0.05, 0.1) is 11.6 Å². The quantitative estimate of drug-likeness (QED) is 0.159. The lowest BCUT2D eigenvalue weighted by Crippen LogP contribution is -2.29. The van der Waals surface area contributed by atoms with Crippen LogP contribution < -0.4 is 4.74 Å². The molecule has 4 aromatic rings. The molecule has 1 fully saturated rings. The monoisotopic (exact) mass is 568 g/mol. The SMILES string of the molecule is Cc1ccccc1COc1ccc(C(O)=C2C(=O)C(=O)N(Cc3ccncc3)C2c2cccc(Br)c2)cc1. The number of hydrogen-bond acceptors (Lipinski definition) is 5. The molecule has 0 spiro atoms. The van der Waals surface area contributed by atoms with Crippen LogP contribution in [-0.4, -0.2) is 26.7 Å². The minimum absolute atomic E-state index is 0.0516. The van der Waals surface area contributed by atoms with E-state index in [9.17, 15) is 14.7 Å². The molecule has 1 unspecified atom stereocenters. The Bertz CT molecular complexity index is 1520. The highest BCUT2D eigenvalue weighted by atomic mass is 79.9. The molecule has 0 aliphatic carbocycles. The smallest absolute Gasteiger partial charge is 0.295 e. The molecule has 1 amide bonds. The van der Waals surface area contributed by atoms with Gasteiger partial charge in [-0.25, -0.2) is 0 Å². The van der Waals surface area contributed by atoms with Crippen LogP contribution in [0.4, 0.5) is 0 Å². The number of carbonyl (C=O) groups is 2. The third-order valence-electron chi connectivity index (χ3n) is 6.59. The molecule has 2 heterocycles. The summed E-state index contributed by atoms with van der Waals surface area (Å²) in [5.74, 6) is -0.976. The predicted octanol–water partition coefficient (Wildman–Crippen LogP) is 6.35. The summed E-state index contributed by atoms with van der Waals surface area (Å²) in [6.07, 6.45) is 3.28. The van der Waals surface area contributed by atoms with E-state index in [1.165, 1.54) is 4.90 Å². The molecule has 190 valence electrons. The summed E-state index contributed by atoms with van der Waals surface area (Å²) in [4.78, 5) is 32.0. The maximum absolute atomic E-state index is 13.3. The summed E-state index contributed by atoms with van der Waals surface area (Å²) in [5.41, 5.74) is 4.25. The van der Waals surface area contributed by atoms with Gasteiger partial charge in [0.15, 0.2) is 0 Å². The summed E-state index contributed by atoms with van der Waals surface area (Å²) in [6, 6.07) is 25.1. The van der Waals surface area contributed by atoms with E-state index in [-0.39, 0.29) is 17.9 Å². The largest absolute Gasteiger partial charge is 0.507 e. The molecule has 1 aliphatic rings. The Morgan fingerprint density at radius 1 is 0.974 bits per heavy atom. The highest BCUT2D eigenvalue weighted by Gasteiger charge is 2.46. The van der Waals surface area contributed by atoms with Gasteiger partial charge in [-0.05, 0) is 77.7 Å². The van der Waals surface area contributed by atoms with Gasteiger partial charge in [0.25, 0.3) is 11.7 Å². The number of Topliss-reactive ketones (excluding diaryl/α,β-unsaturated/α-hetero) is 1. The van der Waals surface area contributed by atoms with E-state index in [2.05, 4.69) is 20.9 Å². The molecular formula is C31H25BrN2O4. The number of ether oxygens (including phenoxy) is 1. The van der Waals surface area contributed by atoms with Gasteiger partial charge in [-0.15, -0.1) is 0 Å². The van der Waals surface area contributed by atoms with E-state index >= 15 is 0 Å². The summed E-state index contributed by atoms with van der Waals surface area (Å²) >= 11 is 3.48. The number of carbonyl (C=O) groups excluding carboxylic acids is 2. The third-order valence-corrected chi connectivity index (χ3v) is 7.08. The van der Waals surface area contributed by atoms with Crippen molar-refractivity contribution in [3.63, 3.8) is 0 Å². The second-order valence-electron chi connectivity index (χ2n) is 9.08. The van der Waals surface area contributed by atoms with Gasteiger partial charge in [0, 0.05) is 29.0 Å². The lowest BCUT2D eigenvalue weighted by molar-refractivity contribution is -0.140. The average Bonchev–Trinajstić information content (AvgIpc) is 3.18. The number of nitrogens with zero attached hydrogens (tertiary/aromatic N) is 2. The molecule has 3 aromatic carbocycles. The molecular weight excluding hydrogens is 544 g/mol. The number of aromatic nitrogens is 1. The fourth-order valence-corrected chi connectivity index (χ4v) is 4.97. The fraction of sp³-hybridized carbons (Fsp3) is 0.129. The minimum Gasteiger partial charge on any atom is -0.507 e. The van der Waals surface area contributed by atoms with Crippen LogP contribution in [0.5, 0.6) is 5.75 Å². The normalized spacial score (nSPS) is 16.6. The van der Waals surface area contributed by atoms with E-state index in [1.54, 1.807) is 48.8 Å². The molecule has 1 aliphatic heterocycles. The first-order valence-electron chi connectivity index (χ1n) is 12.1. The first-order chi connectivity index (χ1) is 18.4. The predicted molar refractivity (Wildman–Crippen MR) is 148 cm³/mol. The number of halogens is 1. The van der Waals surface area contributed by atoms with Crippen molar-refractivity contribution in [2.45, 2.75) is 26.1 Å². The number of pyridine rings is 1. The zero-order chi connectivity index (χ0) is 26.6. The maximum atomic E-state index is 13.3. The second kappa shape index (κ2) is 11.0. The first-order valence-corrected chi connectivity index (χ1v) is 12.9. The van der Waals surface area contributed by atoms with Crippen LogP contribution >= 0.6 is 15.9 Å². The van der Waals surface area contributed by atoms with Gasteiger partial charge in [-0.2, -0.15) is 0 Å². The number of rotatable bonds is 7. The molecule has 0 radical (unpaired) electrons. The van der Waals surface area contributed by atoms with Gasteiger partial charge in [-0.1, -0.05) is 52.3 Å². The second-order valence-corrected chi connectivity index (χ2v) is 9.99. The number of amides is 1. The van der Waals surface area contributed by atoms with Gasteiger partial charge in [-0.3, -0.25) is 14.6 Å². The molecule has 1 N–H and O–H groups in total. The molecule has 7 heteroatoms. The molecule has 0 saturated carbocycles. The lowest BCUT2D eigenvalue weighted by atomic mass is 9.95. The zero-order valence-electron chi connectivity index (χ0n) is 20.7. The van der Waals surface area contributed by atoms with Crippen LogP contribution in [0, 0.1) is 6.92 Å². The van der Waals surface area contributed by atoms with Crippen LogP contribution in [0.2, 0.25) is 0 Å². The van der Waals surface area contributed by atoms with Crippen LogP contribution in [0.25, 0.3) is 5.76 Å². The van der Waals surface area contributed by atoms with Crippen LogP contribution in [0.3, 0.4) is 0 Å². The Morgan fingerprint density at radius 2 is 1.71 bits per heavy atom. The highest BCUT2D eigenvalue weighted by Crippen LogP contribution is 2.41. The van der Waals surface area contributed by atoms with Crippen LogP contribution in [0.15, 0.2) is 107 Å². The molecule has 1 saturated heterocycles. The van der Waals surface area contributed by atoms with Crippen molar-refractivity contribution in [2.75, 3.05) is 0 Å². The van der Waals surface area contributed by atoms with Gasteiger partial charge < -0.3 is 14.7 Å². The van der Waals surface area contributed by atoms with Gasteiger partial charge in [0.2, 0.25) is 0 Å². The summed E-state index contributed by atoms with van der Waals surface area (Å²) in [5, 5.41) is 11.3. The first kappa shape index (κ1) is 25.4. The topological polar surface area (TPSA) is 79.7 Å². The zero-order valence-corrected chi connectivity index (χ0v) is 22.3. The van der Waals surface area contributed by atoms with E-state index in [0.717, 1.165) is 21.2 Å². The Hall–Kier alpha value is -4.23. The number of aryl methyl sites for hydroxylation is 1. The average molecular weight is 569 g/mol. The number of ketones is 1. The van der Waals surface area contributed by atoms with Crippen molar-refractivity contribution >= 4 is 33.4 Å². The van der Waals surface area contributed by atoms with Crippen molar-refractivity contribution in [3.8, 4) is 5.75 Å². The Labute approximate surface area is 229 Å². The number of benzene rings is 3. The number of hydrogen-bond donors (Lipinski definition) is 1. The van der Waals surface area contributed by atoms with Crippen LogP contribution in [-0.2, 0) is 22.7 Å². The Morgan fingerprint density at radius 3 is 2.42 bits per heavy atom. The van der Waals surface area contributed by atoms with Crippen molar-refractivity contribution < 1.29 is 19.4 Å². The van der Waals surface area contributed by atoms with E-state index in [1.807, 2.05) is 55.5 Å². The van der Waals surface area contributed by atoms with Crippen LogP contribution in [0.1, 0.15) is 33.9 Å². The minimum atomic E-state index is -0.752. The maximum Gasteiger partial charge on any atom is 0.295 e. The lowest BCUT2D eigenvalue weighted by Gasteiger charge is -2.25. The van der Waals surface area contributed by atoms with E-state index in [0.29, 0.717) is 23.5 Å². The molecule has 1 aromatic heterocycles. The molecule has 6 nitrogen and oxygen atoms in total. The van der Waals surface area contributed by atoms with Crippen molar-refractivity contribution in [2.24, 2.45) is 0 Å². The standard InChI is InChI=1S/C31H25BrN2O4/c1-20-5-2-3-6-24(20)19-38-26-11-9-22(10-12-26)29(35)27-28(23-7-4-8-25(32)17-23)34(31(37)30(27)36)18-21-13-15-33-16-14-21/h2-17,28,35H,18-19H2,1H3. The Kier molecular flexibility index (Phi) is 7.38. The van der Waals surface area contributed by atoms with Crippen molar-refractivity contribution in [1.82, 2.24) is 9.88 Å². The summed E-state index contributed by atoms with van der Waals surface area (Å²) < 4.78 is 6.73. The fourth-order valence-electron chi connectivity index (χ4n) is 4.55. The number of aliphatic hydroxyl groups excluding tert-OH is 1. The molecule has 5 rings (SSSR count). The summed E-state index contributed by atoms with van der Waals surface area (Å²) in [6.45, 7) is 2.65. The third kappa shape index (κ3) is 5.24. The van der Waals surface area contributed by atoms with Gasteiger partial charge in [0.1, 0.15) is 18.1 Å². The number of aliphatic hydroxyl groups is 1. The van der Waals surface area contributed by atoms with E-state index in [4.69, 9.17) is 4.74 Å². The van der Waals surface area contributed by atoms with Crippen molar-refractivity contribution in [3.05, 3.63) is 135 Å².